The van der Waals surface area contributed by atoms with E-state index in [4.69, 9.17) is 9.47 Å². The fourth-order valence-electron chi connectivity index (χ4n) is 5.26. The van der Waals surface area contributed by atoms with Crippen LogP contribution in [-0.2, 0) is 5.41 Å². The highest BCUT2D eigenvalue weighted by Gasteiger charge is 2.36. The van der Waals surface area contributed by atoms with Gasteiger partial charge >= 0.3 is 5.97 Å². The van der Waals surface area contributed by atoms with Gasteiger partial charge < -0.3 is 9.47 Å². The number of carbonyl (C=O) groups is 2. The zero-order valence-electron chi connectivity index (χ0n) is 20.4. The molecule has 1 aliphatic rings. The molecule has 0 amide bonds. The SMILES string of the molecule is COc1ccc(C2(c3ccc(OC(=O)c4ccccc4C(C)=O)c(C)c3)CCCCC2)cc1C. The molecule has 4 rings (SSSR count). The first-order chi connectivity index (χ1) is 16.4. The van der Waals surface area contributed by atoms with Crippen LogP contribution in [0.1, 0.15) is 82.0 Å². The molecular weight excluding hydrogens is 424 g/mol. The van der Waals surface area contributed by atoms with Crippen molar-refractivity contribution in [2.45, 2.75) is 58.3 Å². The molecule has 4 nitrogen and oxygen atoms in total. The molecule has 3 aromatic carbocycles. The fourth-order valence-corrected chi connectivity index (χ4v) is 5.26. The molecule has 0 radical (unpaired) electrons. The number of hydrogen-bond donors (Lipinski definition) is 0. The van der Waals surface area contributed by atoms with Gasteiger partial charge in [0.25, 0.3) is 0 Å². The van der Waals surface area contributed by atoms with E-state index < -0.39 is 5.97 Å². The Morgan fingerprint density at radius 1 is 0.765 bits per heavy atom. The Hall–Kier alpha value is -3.40. The van der Waals surface area contributed by atoms with Crippen molar-refractivity contribution in [1.82, 2.24) is 0 Å². The van der Waals surface area contributed by atoms with E-state index in [0.29, 0.717) is 11.3 Å². The molecule has 4 heteroatoms. The predicted molar refractivity (Wildman–Crippen MR) is 134 cm³/mol. The number of aryl methyl sites for hydroxylation is 2. The first-order valence-corrected chi connectivity index (χ1v) is 11.9. The van der Waals surface area contributed by atoms with Gasteiger partial charge in [-0.05, 0) is 74.1 Å². The van der Waals surface area contributed by atoms with Crippen molar-refractivity contribution in [2.75, 3.05) is 7.11 Å². The maximum atomic E-state index is 12.9. The summed E-state index contributed by atoms with van der Waals surface area (Å²) in [5.74, 6) is 0.747. The number of hydrogen-bond acceptors (Lipinski definition) is 4. The van der Waals surface area contributed by atoms with Gasteiger partial charge in [-0.1, -0.05) is 61.7 Å². The molecule has 1 aliphatic carbocycles. The third-order valence-electron chi connectivity index (χ3n) is 7.11. The van der Waals surface area contributed by atoms with Crippen LogP contribution in [0.5, 0.6) is 11.5 Å². The molecule has 1 saturated carbocycles. The summed E-state index contributed by atoms with van der Waals surface area (Å²) in [7, 11) is 1.70. The number of ketones is 1. The normalized spacial score (nSPS) is 14.9. The molecule has 1 fully saturated rings. The van der Waals surface area contributed by atoms with E-state index in [2.05, 4.69) is 37.3 Å². The first-order valence-electron chi connectivity index (χ1n) is 11.9. The third-order valence-corrected chi connectivity index (χ3v) is 7.11. The van der Waals surface area contributed by atoms with Crippen molar-refractivity contribution < 1.29 is 19.1 Å². The molecule has 0 unspecified atom stereocenters. The van der Waals surface area contributed by atoms with Crippen molar-refractivity contribution >= 4 is 11.8 Å². The summed E-state index contributed by atoms with van der Waals surface area (Å²) in [6, 6.07) is 19.4. The number of esters is 1. The van der Waals surface area contributed by atoms with Crippen LogP contribution >= 0.6 is 0 Å². The van der Waals surface area contributed by atoms with E-state index in [1.165, 1.54) is 37.3 Å². The van der Waals surface area contributed by atoms with E-state index >= 15 is 0 Å². The number of ether oxygens (including phenoxy) is 2. The minimum atomic E-state index is -0.514. The molecule has 0 heterocycles. The van der Waals surface area contributed by atoms with Gasteiger partial charge in [0, 0.05) is 11.0 Å². The molecular formula is C30H32O4. The smallest absolute Gasteiger partial charge is 0.344 e. The second-order valence-electron chi connectivity index (χ2n) is 9.30. The fraction of sp³-hybridized carbons (Fsp3) is 0.333. The lowest BCUT2D eigenvalue weighted by Crippen LogP contribution is -2.30. The Morgan fingerprint density at radius 3 is 1.85 bits per heavy atom. The van der Waals surface area contributed by atoms with Gasteiger partial charge in [0.1, 0.15) is 11.5 Å². The van der Waals surface area contributed by atoms with Gasteiger partial charge in [0.15, 0.2) is 5.78 Å². The molecule has 34 heavy (non-hydrogen) atoms. The Balaban J connectivity index is 1.68. The van der Waals surface area contributed by atoms with Crippen LogP contribution < -0.4 is 9.47 Å². The number of carbonyl (C=O) groups excluding carboxylic acids is 2. The van der Waals surface area contributed by atoms with E-state index in [9.17, 15) is 9.59 Å². The second-order valence-corrected chi connectivity index (χ2v) is 9.30. The Bertz CT molecular complexity index is 1220. The summed E-state index contributed by atoms with van der Waals surface area (Å²) >= 11 is 0. The third kappa shape index (κ3) is 4.50. The zero-order valence-corrected chi connectivity index (χ0v) is 20.4. The molecule has 0 aliphatic heterocycles. The average molecular weight is 457 g/mol. The van der Waals surface area contributed by atoms with Gasteiger partial charge in [-0.15, -0.1) is 0 Å². The largest absolute Gasteiger partial charge is 0.496 e. The van der Waals surface area contributed by atoms with Crippen molar-refractivity contribution in [2.24, 2.45) is 0 Å². The lowest BCUT2D eigenvalue weighted by molar-refractivity contribution is 0.0728. The highest BCUT2D eigenvalue weighted by molar-refractivity contribution is 6.05. The highest BCUT2D eigenvalue weighted by Crippen LogP contribution is 2.46. The monoisotopic (exact) mass is 456 g/mol. The second kappa shape index (κ2) is 9.84. The Labute approximate surface area is 201 Å². The van der Waals surface area contributed by atoms with Gasteiger partial charge in [-0.25, -0.2) is 4.79 Å². The maximum Gasteiger partial charge on any atom is 0.344 e. The van der Waals surface area contributed by atoms with Gasteiger partial charge in [-0.3, -0.25) is 4.79 Å². The Morgan fingerprint density at radius 2 is 1.32 bits per heavy atom. The van der Waals surface area contributed by atoms with Gasteiger partial charge in [0.2, 0.25) is 0 Å². The van der Waals surface area contributed by atoms with Crippen molar-refractivity contribution in [1.29, 1.82) is 0 Å². The molecule has 0 atom stereocenters. The maximum absolute atomic E-state index is 12.9. The molecule has 0 bridgehead atoms. The molecule has 0 aromatic heterocycles. The van der Waals surface area contributed by atoms with E-state index in [-0.39, 0.29) is 16.8 Å². The van der Waals surface area contributed by atoms with E-state index in [1.54, 1.807) is 31.4 Å². The van der Waals surface area contributed by atoms with E-state index in [1.807, 2.05) is 13.0 Å². The van der Waals surface area contributed by atoms with Crippen LogP contribution in [0.2, 0.25) is 0 Å². The minimum absolute atomic E-state index is 0.0657. The number of benzene rings is 3. The molecule has 0 saturated heterocycles. The minimum Gasteiger partial charge on any atom is -0.496 e. The number of Topliss-reactive ketones (excluding diaryl/α,β-unsaturated/α-hetero) is 1. The van der Waals surface area contributed by atoms with Crippen LogP contribution in [0.4, 0.5) is 0 Å². The standard InChI is InChI=1S/C30H32O4/c1-20-18-23(12-14-27(20)33-4)30(16-8-5-9-17-30)24-13-15-28(21(2)19-24)34-29(32)26-11-7-6-10-25(26)22(3)31/h6-7,10-15,18-19H,5,8-9,16-17H2,1-4H3. The molecule has 0 N–H and O–H groups in total. The van der Waals surface area contributed by atoms with E-state index in [0.717, 1.165) is 29.7 Å². The van der Waals surface area contributed by atoms with Crippen LogP contribution in [0.25, 0.3) is 0 Å². The van der Waals surface area contributed by atoms with Crippen molar-refractivity contribution in [3.8, 4) is 11.5 Å². The predicted octanol–water partition coefficient (Wildman–Crippen LogP) is 6.98. The zero-order chi connectivity index (χ0) is 24.3. The van der Waals surface area contributed by atoms with Crippen molar-refractivity contribution in [3.05, 3.63) is 94.0 Å². The summed E-state index contributed by atoms with van der Waals surface area (Å²) in [5.41, 5.74) is 5.19. The topological polar surface area (TPSA) is 52.6 Å². The summed E-state index contributed by atoms with van der Waals surface area (Å²) in [6.45, 7) is 5.51. The number of rotatable bonds is 6. The first kappa shape index (κ1) is 23.7. The van der Waals surface area contributed by atoms with Crippen LogP contribution in [0.15, 0.2) is 60.7 Å². The van der Waals surface area contributed by atoms with Crippen LogP contribution in [-0.4, -0.2) is 18.9 Å². The van der Waals surface area contributed by atoms with Gasteiger partial charge in [-0.2, -0.15) is 0 Å². The van der Waals surface area contributed by atoms with Gasteiger partial charge in [0.05, 0.1) is 12.7 Å². The lowest BCUT2D eigenvalue weighted by atomic mass is 9.65. The summed E-state index contributed by atoms with van der Waals surface area (Å²) < 4.78 is 11.2. The molecule has 3 aromatic rings. The lowest BCUT2D eigenvalue weighted by Gasteiger charge is -2.39. The van der Waals surface area contributed by atoms with Crippen molar-refractivity contribution in [3.63, 3.8) is 0 Å². The Kier molecular flexibility index (Phi) is 6.87. The van der Waals surface area contributed by atoms with Crippen LogP contribution in [0, 0.1) is 13.8 Å². The summed E-state index contributed by atoms with van der Waals surface area (Å²) in [6.07, 6.45) is 5.79. The summed E-state index contributed by atoms with van der Waals surface area (Å²) in [4.78, 5) is 24.8. The van der Waals surface area contributed by atoms with Crippen LogP contribution in [0.3, 0.4) is 0 Å². The molecule has 0 spiro atoms. The number of methoxy groups -OCH3 is 1. The highest BCUT2D eigenvalue weighted by atomic mass is 16.5. The molecule has 176 valence electrons. The quantitative estimate of drug-likeness (QED) is 0.228. The summed E-state index contributed by atoms with van der Waals surface area (Å²) in [5, 5.41) is 0. The average Bonchev–Trinajstić information content (AvgIpc) is 2.85.